The van der Waals surface area contributed by atoms with Crippen LogP contribution in [-0.2, 0) is 0 Å². The van der Waals surface area contributed by atoms with Crippen LogP contribution < -0.4 is 9.62 Å². The van der Waals surface area contributed by atoms with Crippen molar-refractivity contribution in [3.05, 3.63) is 60.3 Å². The van der Waals surface area contributed by atoms with Gasteiger partial charge in [0.25, 0.3) is 0 Å². The van der Waals surface area contributed by atoms with Crippen LogP contribution in [0.1, 0.15) is 31.2 Å². The Morgan fingerprint density at radius 2 is 1.79 bits per heavy atom. The normalized spacial score (nSPS) is 15.2. The van der Waals surface area contributed by atoms with Gasteiger partial charge in [-0.2, -0.15) is 0 Å². The van der Waals surface area contributed by atoms with E-state index in [2.05, 4.69) is 45.8 Å². The molecule has 0 amide bonds. The fraction of sp³-hybridized carbons (Fsp3) is 0.391. The Balaban J connectivity index is 1.17. The van der Waals surface area contributed by atoms with Crippen molar-refractivity contribution in [2.75, 3.05) is 24.5 Å². The zero-order valence-electron chi connectivity index (χ0n) is 16.5. The molecule has 2 aromatic carbocycles. The summed E-state index contributed by atoms with van der Waals surface area (Å²) < 4.78 is 3.50. The van der Waals surface area contributed by atoms with E-state index in [-0.39, 0.29) is 0 Å². The van der Waals surface area contributed by atoms with E-state index < -0.39 is 0 Å². The Bertz CT molecular complexity index is 889. The monoisotopic (exact) mass is 392 g/mol. The van der Waals surface area contributed by atoms with E-state index in [1.54, 1.807) is 11.9 Å². The molecular weight excluding hydrogens is 364 g/mol. The van der Waals surface area contributed by atoms with Gasteiger partial charge in [0.05, 0.1) is 17.2 Å². The predicted octanol–water partition coefficient (Wildman–Crippen LogP) is 5.23. The molecule has 0 radical (unpaired) electrons. The molecule has 1 N–H and O–H groups in total. The summed E-state index contributed by atoms with van der Waals surface area (Å²) in [6.07, 6.45) is 6.96. The summed E-state index contributed by atoms with van der Waals surface area (Å²) in [5.74, 6) is 1.85. The van der Waals surface area contributed by atoms with E-state index in [4.69, 9.17) is 4.98 Å². The summed E-state index contributed by atoms with van der Waals surface area (Å²) in [5, 5.41) is 0. The molecule has 0 saturated carbocycles. The summed E-state index contributed by atoms with van der Waals surface area (Å²) in [7, 11) is 0. The van der Waals surface area contributed by atoms with Gasteiger partial charge in [-0.25, -0.2) is 4.98 Å². The Kier molecular flexibility index (Phi) is 6.45. The topological polar surface area (TPSA) is 41.0 Å². The van der Waals surface area contributed by atoms with Crippen molar-refractivity contribution in [2.24, 2.45) is 5.92 Å². The van der Waals surface area contributed by atoms with Gasteiger partial charge in [-0.3, -0.25) is 9.71 Å². The second-order valence-electron chi connectivity index (χ2n) is 7.60. The van der Waals surface area contributed by atoms with Crippen molar-refractivity contribution in [3.8, 4) is 0 Å². The fourth-order valence-electron chi connectivity index (χ4n) is 3.75. The van der Waals surface area contributed by atoms with Gasteiger partial charge in [0.15, 0.2) is 0 Å². The second kappa shape index (κ2) is 9.39. The van der Waals surface area contributed by atoms with Gasteiger partial charge in [0, 0.05) is 24.5 Å². The molecule has 0 bridgehead atoms. The number of piperidine rings is 1. The van der Waals surface area contributed by atoms with Gasteiger partial charge in [-0.1, -0.05) is 29.8 Å². The number of aromatic nitrogens is 2. The van der Waals surface area contributed by atoms with Gasteiger partial charge in [-0.05, 0) is 74.7 Å². The average Bonchev–Trinajstić information content (AvgIpc) is 2.75. The molecule has 0 aliphatic carbocycles. The molecule has 1 aliphatic heterocycles. The Hall–Kier alpha value is -2.11. The first kappa shape index (κ1) is 19.2. The number of benzene rings is 2. The Labute approximate surface area is 171 Å². The van der Waals surface area contributed by atoms with Gasteiger partial charge in [-0.15, -0.1) is 0 Å². The largest absolute Gasteiger partial charge is 0.355 e. The smallest absolute Gasteiger partial charge is 0.147 e. The third-order valence-electron chi connectivity index (χ3n) is 5.48. The molecule has 4 rings (SSSR count). The van der Waals surface area contributed by atoms with E-state index in [1.807, 2.05) is 30.5 Å². The van der Waals surface area contributed by atoms with Crippen LogP contribution in [-0.4, -0.2) is 29.6 Å². The highest BCUT2D eigenvalue weighted by molar-refractivity contribution is 7.97. The van der Waals surface area contributed by atoms with Gasteiger partial charge < -0.3 is 4.90 Å². The molecule has 3 aromatic rings. The zero-order valence-corrected chi connectivity index (χ0v) is 17.3. The van der Waals surface area contributed by atoms with Crippen LogP contribution in [0.3, 0.4) is 0 Å². The molecule has 1 aromatic heterocycles. The molecule has 0 spiro atoms. The standard InChI is InChI=1S/C23H28N4S/c1-18-8-10-20(11-9-18)28-25-14-4-5-19-12-15-27(16-13-19)23-17-24-21-6-2-3-7-22(21)26-23/h2-3,6-11,17,19,25H,4-5,12-16H2,1H3. The highest BCUT2D eigenvalue weighted by Gasteiger charge is 2.20. The molecule has 1 aliphatic rings. The maximum atomic E-state index is 4.80. The number of nitrogens with one attached hydrogen (secondary N) is 1. The first-order chi connectivity index (χ1) is 13.8. The number of hydrogen-bond donors (Lipinski definition) is 1. The van der Waals surface area contributed by atoms with Crippen molar-refractivity contribution in [1.29, 1.82) is 0 Å². The summed E-state index contributed by atoms with van der Waals surface area (Å²) >= 11 is 1.74. The Morgan fingerprint density at radius 1 is 1.04 bits per heavy atom. The highest BCUT2D eigenvalue weighted by atomic mass is 32.2. The van der Waals surface area contributed by atoms with Crippen LogP contribution in [0.5, 0.6) is 0 Å². The first-order valence-corrected chi connectivity index (χ1v) is 11.0. The number of para-hydroxylation sites is 2. The molecule has 5 heteroatoms. The van der Waals surface area contributed by atoms with Gasteiger partial charge in [0.2, 0.25) is 0 Å². The lowest BCUT2D eigenvalue weighted by atomic mass is 9.92. The minimum atomic E-state index is 0.829. The van der Waals surface area contributed by atoms with Crippen LogP contribution in [0.2, 0.25) is 0 Å². The summed E-state index contributed by atoms with van der Waals surface area (Å²) in [6, 6.07) is 16.8. The zero-order chi connectivity index (χ0) is 19.2. The molecule has 28 heavy (non-hydrogen) atoms. The van der Waals surface area contributed by atoms with Crippen LogP contribution in [0, 0.1) is 12.8 Å². The molecule has 0 unspecified atom stereocenters. The van der Waals surface area contributed by atoms with E-state index in [0.717, 1.165) is 42.4 Å². The number of fused-ring (bicyclic) bond motifs is 1. The molecule has 1 saturated heterocycles. The fourth-order valence-corrected chi connectivity index (χ4v) is 4.44. The average molecular weight is 393 g/mol. The van der Waals surface area contributed by atoms with Crippen LogP contribution >= 0.6 is 11.9 Å². The second-order valence-corrected chi connectivity index (χ2v) is 8.56. The van der Waals surface area contributed by atoms with Crippen molar-refractivity contribution in [1.82, 2.24) is 14.7 Å². The van der Waals surface area contributed by atoms with E-state index in [1.165, 1.54) is 36.1 Å². The minimum Gasteiger partial charge on any atom is -0.355 e. The van der Waals surface area contributed by atoms with Crippen LogP contribution in [0.4, 0.5) is 5.82 Å². The lowest BCUT2D eigenvalue weighted by Gasteiger charge is -2.32. The van der Waals surface area contributed by atoms with Gasteiger partial charge in [0.1, 0.15) is 5.82 Å². The number of hydrogen-bond acceptors (Lipinski definition) is 5. The maximum Gasteiger partial charge on any atom is 0.147 e. The maximum absolute atomic E-state index is 4.80. The summed E-state index contributed by atoms with van der Waals surface area (Å²) in [6.45, 7) is 5.36. The summed E-state index contributed by atoms with van der Waals surface area (Å²) in [4.78, 5) is 13.0. The lowest BCUT2D eigenvalue weighted by Crippen LogP contribution is -2.34. The third kappa shape index (κ3) is 5.03. The molecule has 2 heterocycles. The quantitative estimate of drug-likeness (QED) is 0.440. The van der Waals surface area contributed by atoms with Crippen molar-refractivity contribution in [3.63, 3.8) is 0 Å². The van der Waals surface area contributed by atoms with Gasteiger partial charge >= 0.3 is 0 Å². The lowest BCUT2D eigenvalue weighted by molar-refractivity contribution is 0.372. The molecule has 4 nitrogen and oxygen atoms in total. The van der Waals surface area contributed by atoms with Crippen molar-refractivity contribution < 1.29 is 0 Å². The van der Waals surface area contributed by atoms with E-state index in [0.29, 0.717) is 0 Å². The molecule has 146 valence electrons. The minimum absolute atomic E-state index is 0.829. The third-order valence-corrected chi connectivity index (χ3v) is 6.33. The van der Waals surface area contributed by atoms with Crippen LogP contribution in [0.25, 0.3) is 11.0 Å². The van der Waals surface area contributed by atoms with Crippen molar-refractivity contribution >= 4 is 28.8 Å². The van der Waals surface area contributed by atoms with Crippen LogP contribution in [0.15, 0.2) is 59.6 Å². The van der Waals surface area contributed by atoms with E-state index in [9.17, 15) is 0 Å². The SMILES string of the molecule is Cc1ccc(SNCCCC2CCN(c3cnc4ccccc4n3)CC2)cc1. The highest BCUT2D eigenvalue weighted by Crippen LogP contribution is 2.25. The number of nitrogens with zero attached hydrogens (tertiary/aromatic N) is 3. The number of rotatable bonds is 7. The number of anilines is 1. The Morgan fingerprint density at radius 3 is 2.57 bits per heavy atom. The molecule has 0 atom stereocenters. The molecular formula is C23H28N4S. The number of aryl methyl sites for hydroxylation is 1. The first-order valence-electron chi connectivity index (χ1n) is 10.2. The van der Waals surface area contributed by atoms with E-state index >= 15 is 0 Å². The summed E-state index contributed by atoms with van der Waals surface area (Å²) in [5.41, 5.74) is 3.27. The predicted molar refractivity (Wildman–Crippen MR) is 119 cm³/mol. The van der Waals surface area contributed by atoms with Crippen molar-refractivity contribution in [2.45, 2.75) is 37.5 Å². The molecule has 1 fully saturated rings.